The molecular weight excluding hydrogens is 202 g/mol. The van der Waals surface area contributed by atoms with E-state index in [1.807, 2.05) is 5.10 Å². The monoisotopic (exact) mass is 209 g/mol. The van der Waals surface area contributed by atoms with Gasteiger partial charge in [-0.25, -0.2) is 14.7 Å². The van der Waals surface area contributed by atoms with Crippen LogP contribution in [-0.2, 0) is 14.1 Å². The fourth-order valence-corrected chi connectivity index (χ4v) is 1.27. The first-order valence-corrected chi connectivity index (χ1v) is 4.05. The van der Waals surface area contributed by atoms with Crippen molar-refractivity contribution < 1.29 is 0 Å². The first kappa shape index (κ1) is 9.31. The Bertz CT molecular complexity index is 707. The van der Waals surface area contributed by atoms with E-state index in [0.717, 1.165) is 9.13 Å². The van der Waals surface area contributed by atoms with E-state index in [2.05, 4.69) is 10.1 Å². The second-order valence-corrected chi connectivity index (χ2v) is 3.02. The first-order chi connectivity index (χ1) is 7.02. The van der Waals surface area contributed by atoms with Crippen LogP contribution in [0.1, 0.15) is 0 Å². The molecule has 2 rings (SSSR count). The summed E-state index contributed by atoms with van der Waals surface area (Å²) >= 11 is 0. The number of aromatic amines is 1. The number of rotatable bonds is 0. The smallest absolute Gasteiger partial charge is 0.279 e. The van der Waals surface area contributed by atoms with Crippen LogP contribution in [0.2, 0.25) is 0 Å². The van der Waals surface area contributed by atoms with Crippen LogP contribution in [0.3, 0.4) is 0 Å². The van der Waals surface area contributed by atoms with Gasteiger partial charge in [-0.3, -0.25) is 13.9 Å². The van der Waals surface area contributed by atoms with Crippen LogP contribution < -0.4 is 16.9 Å². The summed E-state index contributed by atoms with van der Waals surface area (Å²) < 4.78 is 1.99. The molecule has 0 atom stereocenters. The molecule has 2 heterocycles. The molecule has 0 saturated carbocycles. The lowest BCUT2D eigenvalue weighted by Crippen LogP contribution is -2.38. The zero-order valence-electron chi connectivity index (χ0n) is 8.01. The Morgan fingerprint density at radius 3 is 2.47 bits per heavy atom. The van der Waals surface area contributed by atoms with E-state index in [-0.39, 0.29) is 11.2 Å². The van der Waals surface area contributed by atoms with E-state index >= 15 is 0 Å². The number of fused-ring (bicyclic) bond motifs is 1. The van der Waals surface area contributed by atoms with E-state index in [4.69, 9.17) is 0 Å². The topological polar surface area (TPSA) is 103 Å². The molecule has 0 unspecified atom stereocenters. The summed E-state index contributed by atoms with van der Waals surface area (Å²) in [5, 5.41) is 5.59. The third kappa shape index (κ3) is 1.18. The van der Waals surface area contributed by atoms with E-state index in [9.17, 15) is 14.4 Å². The summed E-state index contributed by atoms with van der Waals surface area (Å²) in [6, 6.07) is 0. The number of hydrogen-bond donors (Lipinski definition) is 1. The Labute approximate surface area is 81.8 Å². The van der Waals surface area contributed by atoms with Crippen molar-refractivity contribution in [2.75, 3.05) is 0 Å². The van der Waals surface area contributed by atoms with Crippen molar-refractivity contribution in [1.29, 1.82) is 0 Å². The molecule has 2 aromatic heterocycles. The van der Waals surface area contributed by atoms with E-state index in [0.29, 0.717) is 0 Å². The van der Waals surface area contributed by atoms with Gasteiger partial charge in [-0.1, -0.05) is 0 Å². The average Bonchev–Trinajstić information content (AvgIpc) is 2.23. The lowest BCUT2D eigenvalue weighted by Gasteiger charge is -2.03. The van der Waals surface area contributed by atoms with Crippen molar-refractivity contribution in [3.63, 3.8) is 0 Å². The molecule has 0 aliphatic rings. The Morgan fingerprint density at radius 1 is 1.13 bits per heavy atom. The third-order valence-corrected chi connectivity index (χ3v) is 2.08. The quantitative estimate of drug-likeness (QED) is 0.526. The SMILES string of the molecule is Cn1c(=O)c2n[nH]c(=O)nc2n(C)c1=O. The summed E-state index contributed by atoms with van der Waals surface area (Å²) in [5.74, 6) is 0. The maximum absolute atomic E-state index is 11.5. The number of hydrogen-bond acceptors (Lipinski definition) is 5. The number of H-pyrrole nitrogens is 1. The molecule has 8 heteroatoms. The molecule has 0 amide bonds. The van der Waals surface area contributed by atoms with Crippen molar-refractivity contribution in [3.8, 4) is 0 Å². The average molecular weight is 209 g/mol. The Kier molecular flexibility index (Phi) is 1.78. The van der Waals surface area contributed by atoms with Crippen LogP contribution in [0, 0.1) is 0 Å². The molecule has 0 radical (unpaired) electrons. The molecule has 8 nitrogen and oxygen atoms in total. The fourth-order valence-electron chi connectivity index (χ4n) is 1.27. The van der Waals surface area contributed by atoms with Gasteiger partial charge in [0.1, 0.15) is 0 Å². The standard InChI is InChI=1S/C7H7N5O3/c1-11-4-3(9-10-6(14)8-4)5(13)12(2)7(11)15/h1-2H3,(H,8,10,14). The predicted molar refractivity (Wildman–Crippen MR) is 50.6 cm³/mol. The molecule has 0 spiro atoms. The van der Waals surface area contributed by atoms with Crippen molar-refractivity contribution >= 4 is 11.2 Å². The van der Waals surface area contributed by atoms with Crippen LogP contribution in [0.4, 0.5) is 0 Å². The number of nitrogens with one attached hydrogen (secondary N) is 1. The largest absolute Gasteiger partial charge is 0.363 e. The second kappa shape index (κ2) is 2.87. The molecule has 15 heavy (non-hydrogen) atoms. The van der Waals surface area contributed by atoms with Gasteiger partial charge < -0.3 is 0 Å². The van der Waals surface area contributed by atoms with Crippen LogP contribution in [-0.4, -0.2) is 24.3 Å². The number of nitrogens with zero attached hydrogens (tertiary/aromatic N) is 4. The van der Waals surface area contributed by atoms with Gasteiger partial charge in [-0.05, 0) is 0 Å². The summed E-state index contributed by atoms with van der Waals surface area (Å²) in [7, 11) is 2.75. The van der Waals surface area contributed by atoms with Crippen molar-refractivity contribution in [1.82, 2.24) is 24.3 Å². The van der Waals surface area contributed by atoms with Gasteiger partial charge in [0.15, 0.2) is 11.2 Å². The normalized spacial score (nSPS) is 10.8. The molecule has 0 bridgehead atoms. The van der Waals surface area contributed by atoms with Gasteiger partial charge in [-0.15, -0.1) is 0 Å². The van der Waals surface area contributed by atoms with Gasteiger partial charge >= 0.3 is 11.4 Å². The lowest BCUT2D eigenvalue weighted by atomic mass is 10.5. The van der Waals surface area contributed by atoms with Crippen molar-refractivity contribution in [2.24, 2.45) is 14.1 Å². The number of aromatic nitrogens is 5. The highest BCUT2D eigenvalue weighted by Gasteiger charge is 2.10. The first-order valence-electron chi connectivity index (χ1n) is 4.05. The van der Waals surface area contributed by atoms with Crippen LogP contribution in [0.15, 0.2) is 14.4 Å². The second-order valence-electron chi connectivity index (χ2n) is 3.02. The van der Waals surface area contributed by atoms with Crippen molar-refractivity contribution in [2.45, 2.75) is 0 Å². The van der Waals surface area contributed by atoms with Gasteiger partial charge in [0.25, 0.3) is 5.56 Å². The zero-order chi connectivity index (χ0) is 11.2. The molecular formula is C7H7N5O3. The van der Waals surface area contributed by atoms with Gasteiger partial charge in [0, 0.05) is 14.1 Å². The molecule has 0 aromatic carbocycles. The highest BCUT2D eigenvalue weighted by Crippen LogP contribution is 1.93. The lowest BCUT2D eigenvalue weighted by molar-refractivity contribution is 0.697. The minimum atomic E-state index is -0.703. The highest BCUT2D eigenvalue weighted by molar-refractivity contribution is 5.67. The van der Waals surface area contributed by atoms with Crippen molar-refractivity contribution in [3.05, 3.63) is 31.3 Å². The van der Waals surface area contributed by atoms with Crippen LogP contribution in [0.5, 0.6) is 0 Å². The molecule has 0 saturated heterocycles. The van der Waals surface area contributed by atoms with E-state index in [1.165, 1.54) is 14.1 Å². The molecule has 0 fully saturated rings. The number of aryl methyl sites for hydroxylation is 1. The van der Waals surface area contributed by atoms with Gasteiger partial charge in [0.05, 0.1) is 0 Å². The predicted octanol–water partition coefficient (Wildman–Crippen LogP) is -2.28. The Hall–Kier alpha value is -2.25. The molecule has 1 N–H and O–H groups in total. The maximum Gasteiger partial charge on any atom is 0.363 e. The van der Waals surface area contributed by atoms with E-state index < -0.39 is 16.9 Å². The van der Waals surface area contributed by atoms with Crippen LogP contribution in [0.25, 0.3) is 11.2 Å². The highest BCUT2D eigenvalue weighted by atomic mass is 16.2. The maximum atomic E-state index is 11.5. The third-order valence-electron chi connectivity index (χ3n) is 2.08. The zero-order valence-corrected chi connectivity index (χ0v) is 8.01. The molecule has 2 aromatic rings. The Balaban J connectivity index is 3.22. The molecule has 0 aliphatic heterocycles. The summed E-state index contributed by atoms with van der Waals surface area (Å²) in [4.78, 5) is 37.4. The van der Waals surface area contributed by atoms with E-state index in [1.54, 1.807) is 0 Å². The molecule has 0 aliphatic carbocycles. The molecule has 78 valence electrons. The Morgan fingerprint density at radius 2 is 1.80 bits per heavy atom. The summed E-state index contributed by atoms with van der Waals surface area (Å²) in [6.07, 6.45) is 0. The summed E-state index contributed by atoms with van der Waals surface area (Å²) in [6.45, 7) is 0. The van der Waals surface area contributed by atoms with Gasteiger partial charge in [-0.2, -0.15) is 10.1 Å². The minimum Gasteiger partial charge on any atom is -0.279 e. The van der Waals surface area contributed by atoms with Crippen LogP contribution >= 0.6 is 0 Å². The van der Waals surface area contributed by atoms with Gasteiger partial charge in [0.2, 0.25) is 0 Å². The summed E-state index contributed by atoms with van der Waals surface area (Å²) in [5.41, 5.74) is -1.90. The minimum absolute atomic E-state index is 0.0214. The fraction of sp³-hybridized carbons (Fsp3) is 0.286.